The van der Waals surface area contributed by atoms with Crippen molar-refractivity contribution in [1.82, 2.24) is 0 Å². The lowest BCUT2D eigenvalue weighted by molar-refractivity contribution is -0.384. The standard InChI is InChI=1S/C30H24N2O8/c1-14-10-23(34)21-13-20-18(25(27(21)28(14)35)15-6-9-22(33)24(11-15)40-2)7-8-19-26(20)30(37)31(29(19)36)16-4-3-5-17(12-16)32(38)39/h3-7,9-12,19-20,25-26,33H,8,13H2,1-2H3/t19-,20+,25-,26-/m0/s1. The third kappa shape index (κ3) is 3.63. The predicted octanol–water partition coefficient (Wildman–Crippen LogP) is 3.94. The molecule has 1 saturated heterocycles. The Labute approximate surface area is 228 Å². The van der Waals surface area contributed by atoms with Gasteiger partial charge in [0.25, 0.3) is 5.69 Å². The van der Waals surface area contributed by atoms with Crippen molar-refractivity contribution in [3.8, 4) is 11.5 Å². The number of ether oxygens (including phenoxy) is 1. The number of carbonyl (C=O) groups is 4. The van der Waals surface area contributed by atoms with Gasteiger partial charge in [0, 0.05) is 34.8 Å². The van der Waals surface area contributed by atoms with E-state index in [0.29, 0.717) is 22.3 Å². The lowest BCUT2D eigenvalue weighted by Gasteiger charge is -2.42. The normalized spacial score (nSPS) is 25.7. The Morgan fingerprint density at radius 2 is 1.82 bits per heavy atom. The molecule has 0 radical (unpaired) electrons. The predicted molar refractivity (Wildman–Crippen MR) is 142 cm³/mol. The molecule has 0 unspecified atom stereocenters. The molecule has 0 aromatic heterocycles. The van der Waals surface area contributed by atoms with Crippen LogP contribution in [0.5, 0.6) is 11.5 Å². The molecule has 1 N–H and O–H groups in total. The SMILES string of the molecule is COc1cc([C@H]2C3=CC[C@@H]4C(=O)N(c5cccc([N+](=O)[O-])c5)C(=O)[C@@H]4[C@@H]3CC3=C2C(=O)C(C)=CC3=O)ccc1O. The molecule has 3 aliphatic carbocycles. The fraction of sp³-hybridized carbons (Fsp3) is 0.267. The molecule has 40 heavy (non-hydrogen) atoms. The summed E-state index contributed by atoms with van der Waals surface area (Å²) in [4.78, 5) is 65.9. The number of aromatic hydroxyl groups is 1. The van der Waals surface area contributed by atoms with Gasteiger partial charge in [-0.2, -0.15) is 0 Å². The van der Waals surface area contributed by atoms with Gasteiger partial charge in [-0.1, -0.05) is 23.8 Å². The number of ketones is 2. The molecule has 1 heterocycles. The average molecular weight is 541 g/mol. The zero-order chi connectivity index (χ0) is 28.5. The minimum atomic E-state index is -0.808. The number of amides is 2. The minimum Gasteiger partial charge on any atom is -0.504 e. The second-order valence-electron chi connectivity index (χ2n) is 10.4. The zero-order valence-corrected chi connectivity index (χ0v) is 21.6. The molecule has 10 heteroatoms. The third-order valence-electron chi connectivity index (χ3n) is 8.40. The maximum atomic E-state index is 13.9. The van der Waals surface area contributed by atoms with Crippen LogP contribution in [0.4, 0.5) is 11.4 Å². The quantitative estimate of drug-likeness (QED) is 0.202. The summed E-state index contributed by atoms with van der Waals surface area (Å²) in [5, 5.41) is 21.5. The van der Waals surface area contributed by atoms with Crippen molar-refractivity contribution in [1.29, 1.82) is 0 Å². The Hall–Kier alpha value is -4.86. The summed E-state index contributed by atoms with van der Waals surface area (Å²) in [5.41, 5.74) is 2.21. The smallest absolute Gasteiger partial charge is 0.271 e. The Morgan fingerprint density at radius 3 is 2.55 bits per heavy atom. The van der Waals surface area contributed by atoms with Crippen LogP contribution in [-0.4, -0.2) is 40.5 Å². The van der Waals surface area contributed by atoms with E-state index in [1.54, 1.807) is 19.1 Å². The van der Waals surface area contributed by atoms with Crippen LogP contribution in [0.25, 0.3) is 0 Å². The number of hydrogen-bond donors (Lipinski definition) is 1. The van der Waals surface area contributed by atoms with Crippen molar-refractivity contribution in [2.24, 2.45) is 17.8 Å². The number of phenols is 1. The number of anilines is 1. The summed E-state index contributed by atoms with van der Waals surface area (Å²) in [6.45, 7) is 1.59. The van der Waals surface area contributed by atoms with Crippen molar-refractivity contribution < 1.29 is 33.9 Å². The summed E-state index contributed by atoms with van der Waals surface area (Å²) in [5.74, 6) is -4.14. The molecule has 0 bridgehead atoms. The number of Topliss-reactive ketones (excluding diaryl/α,β-unsaturated/α-hetero) is 1. The maximum Gasteiger partial charge on any atom is 0.271 e. The lowest BCUT2D eigenvalue weighted by atomic mass is 9.59. The topological polar surface area (TPSA) is 144 Å². The Bertz CT molecular complexity index is 1650. The van der Waals surface area contributed by atoms with Gasteiger partial charge in [-0.3, -0.25) is 29.3 Å². The largest absolute Gasteiger partial charge is 0.504 e. The highest BCUT2D eigenvalue weighted by molar-refractivity contribution is 6.25. The van der Waals surface area contributed by atoms with Crippen LogP contribution in [-0.2, 0) is 19.2 Å². The van der Waals surface area contributed by atoms with Crippen LogP contribution >= 0.6 is 0 Å². The molecular formula is C30H24N2O8. The second kappa shape index (κ2) is 9.11. The van der Waals surface area contributed by atoms with Crippen molar-refractivity contribution in [2.45, 2.75) is 25.7 Å². The highest BCUT2D eigenvalue weighted by Gasteiger charge is 2.56. The van der Waals surface area contributed by atoms with E-state index in [0.717, 1.165) is 10.5 Å². The lowest BCUT2D eigenvalue weighted by Crippen LogP contribution is -2.39. The number of fused-ring (bicyclic) bond motifs is 3. The third-order valence-corrected chi connectivity index (χ3v) is 8.40. The van der Waals surface area contributed by atoms with Gasteiger partial charge in [-0.25, -0.2) is 4.90 Å². The van der Waals surface area contributed by atoms with Gasteiger partial charge in [0.05, 0.1) is 29.6 Å². The number of imide groups is 1. The summed E-state index contributed by atoms with van der Waals surface area (Å²) in [6.07, 6.45) is 3.54. The van der Waals surface area contributed by atoms with E-state index >= 15 is 0 Å². The highest BCUT2D eigenvalue weighted by Crippen LogP contribution is 2.56. The van der Waals surface area contributed by atoms with Gasteiger partial charge < -0.3 is 9.84 Å². The van der Waals surface area contributed by atoms with Crippen LogP contribution in [0.2, 0.25) is 0 Å². The molecule has 6 rings (SSSR count). The summed E-state index contributed by atoms with van der Waals surface area (Å²) in [6, 6.07) is 10.1. The van der Waals surface area contributed by atoms with E-state index in [1.807, 2.05) is 6.08 Å². The second-order valence-corrected chi connectivity index (χ2v) is 10.4. The molecular weight excluding hydrogens is 516 g/mol. The van der Waals surface area contributed by atoms with Gasteiger partial charge in [-0.05, 0) is 55.5 Å². The first kappa shape index (κ1) is 25.4. The van der Waals surface area contributed by atoms with E-state index in [-0.39, 0.29) is 47.3 Å². The van der Waals surface area contributed by atoms with Crippen LogP contribution in [0, 0.1) is 27.9 Å². The molecule has 0 saturated carbocycles. The molecule has 2 amide bonds. The number of benzene rings is 2. The first-order chi connectivity index (χ1) is 19.1. The van der Waals surface area contributed by atoms with E-state index < -0.39 is 40.4 Å². The maximum absolute atomic E-state index is 13.9. The molecule has 1 fully saturated rings. The van der Waals surface area contributed by atoms with Gasteiger partial charge in [0.2, 0.25) is 11.8 Å². The van der Waals surface area contributed by atoms with Gasteiger partial charge >= 0.3 is 0 Å². The minimum absolute atomic E-state index is 0.0863. The Balaban J connectivity index is 1.48. The number of nitrogens with zero attached hydrogens (tertiary/aromatic N) is 2. The molecule has 1 aliphatic heterocycles. The first-order valence-corrected chi connectivity index (χ1v) is 12.8. The number of nitro groups is 1. The number of hydrogen-bond acceptors (Lipinski definition) is 8. The van der Waals surface area contributed by atoms with Crippen LogP contribution in [0.1, 0.15) is 31.2 Å². The molecule has 4 aliphatic rings. The number of phenolic OH excluding ortho intramolecular Hbond substituents is 1. The number of rotatable bonds is 4. The summed E-state index contributed by atoms with van der Waals surface area (Å²) >= 11 is 0. The van der Waals surface area contributed by atoms with Crippen LogP contribution < -0.4 is 9.64 Å². The van der Waals surface area contributed by atoms with E-state index in [4.69, 9.17) is 4.74 Å². The van der Waals surface area contributed by atoms with Gasteiger partial charge in [-0.15, -0.1) is 0 Å². The number of allylic oxidation sites excluding steroid dienone is 6. The summed E-state index contributed by atoms with van der Waals surface area (Å²) < 4.78 is 5.31. The molecule has 202 valence electrons. The van der Waals surface area contributed by atoms with Crippen molar-refractivity contribution in [3.05, 3.63) is 92.6 Å². The van der Waals surface area contributed by atoms with Gasteiger partial charge in [0.1, 0.15) is 0 Å². The van der Waals surface area contributed by atoms with Crippen LogP contribution in [0.3, 0.4) is 0 Å². The fourth-order valence-electron chi connectivity index (χ4n) is 6.61. The van der Waals surface area contributed by atoms with E-state index in [2.05, 4.69) is 0 Å². The van der Waals surface area contributed by atoms with Crippen molar-refractivity contribution in [3.63, 3.8) is 0 Å². The van der Waals surface area contributed by atoms with Crippen molar-refractivity contribution >= 4 is 34.8 Å². The molecule has 10 nitrogen and oxygen atoms in total. The molecule has 2 aromatic carbocycles. The van der Waals surface area contributed by atoms with Crippen molar-refractivity contribution in [2.75, 3.05) is 12.0 Å². The number of nitro benzene ring substituents is 1. The Morgan fingerprint density at radius 1 is 1.05 bits per heavy atom. The van der Waals surface area contributed by atoms with E-state index in [9.17, 15) is 34.4 Å². The molecule has 4 atom stereocenters. The fourth-order valence-corrected chi connectivity index (χ4v) is 6.61. The average Bonchev–Trinajstić information content (AvgIpc) is 3.20. The number of non-ortho nitro benzene ring substituents is 1. The highest BCUT2D eigenvalue weighted by atomic mass is 16.6. The zero-order valence-electron chi connectivity index (χ0n) is 21.6. The number of carbonyl (C=O) groups excluding carboxylic acids is 4. The monoisotopic (exact) mass is 540 g/mol. The van der Waals surface area contributed by atoms with Gasteiger partial charge in [0.15, 0.2) is 23.1 Å². The molecule has 0 spiro atoms. The Kier molecular flexibility index (Phi) is 5.79. The summed E-state index contributed by atoms with van der Waals surface area (Å²) in [7, 11) is 1.41. The molecule has 2 aromatic rings. The van der Waals surface area contributed by atoms with E-state index in [1.165, 1.54) is 43.5 Å². The first-order valence-electron chi connectivity index (χ1n) is 12.8. The number of methoxy groups -OCH3 is 1. The van der Waals surface area contributed by atoms with Crippen LogP contribution in [0.15, 0.2) is 76.9 Å².